The van der Waals surface area contributed by atoms with Crippen molar-refractivity contribution in [2.45, 2.75) is 38.3 Å². The topological polar surface area (TPSA) is 32.3 Å². The maximum Gasteiger partial charge on any atom is 0.224 e. The summed E-state index contributed by atoms with van der Waals surface area (Å²) in [7, 11) is 1.89. The molecular weight excluding hydrogens is 312 g/mol. The number of hydrogen-bond donors (Lipinski definition) is 1. The van der Waals surface area contributed by atoms with Crippen molar-refractivity contribution in [3.8, 4) is 0 Å². The van der Waals surface area contributed by atoms with Crippen LogP contribution in [0.25, 0.3) is 0 Å². The van der Waals surface area contributed by atoms with Crippen molar-refractivity contribution in [2.24, 2.45) is 0 Å². The fraction of sp³-hybridized carbons (Fsp3) is 0.615. The lowest BCUT2D eigenvalue weighted by molar-refractivity contribution is -0.131. The van der Waals surface area contributed by atoms with Crippen LogP contribution in [0.5, 0.6) is 0 Å². The van der Waals surface area contributed by atoms with E-state index in [1.165, 1.54) is 17.7 Å². The average molecular weight is 331 g/mol. The molecule has 0 aromatic carbocycles. The van der Waals surface area contributed by atoms with Crippen LogP contribution in [0, 0.1) is 0 Å². The molecular formula is C13H19BrN2OS. The Bertz CT molecular complexity index is 401. The first-order chi connectivity index (χ1) is 8.65. The molecule has 1 unspecified atom stereocenters. The average Bonchev–Trinajstić information content (AvgIpc) is 2.76. The first-order valence-corrected chi connectivity index (χ1v) is 7.97. The normalized spacial score (nSPS) is 19.8. The van der Waals surface area contributed by atoms with Gasteiger partial charge in [0.1, 0.15) is 0 Å². The summed E-state index contributed by atoms with van der Waals surface area (Å²) in [4.78, 5) is 15.1. The molecule has 1 atom stereocenters. The fourth-order valence-corrected chi connectivity index (χ4v) is 3.76. The molecule has 2 heterocycles. The molecule has 0 bridgehead atoms. The zero-order valence-electron chi connectivity index (χ0n) is 10.6. The Morgan fingerprint density at radius 3 is 3.00 bits per heavy atom. The minimum Gasteiger partial charge on any atom is -0.341 e. The van der Waals surface area contributed by atoms with Gasteiger partial charge in [0, 0.05) is 24.4 Å². The van der Waals surface area contributed by atoms with Crippen LogP contribution in [0.3, 0.4) is 0 Å². The summed E-state index contributed by atoms with van der Waals surface area (Å²) < 4.78 is 1.12. The molecule has 3 nitrogen and oxygen atoms in total. The van der Waals surface area contributed by atoms with E-state index in [0.29, 0.717) is 19.0 Å². The van der Waals surface area contributed by atoms with Gasteiger partial charge in [-0.3, -0.25) is 4.79 Å². The Labute approximate surface area is 121 Å². The van der Waals surface area contributed by atoms with Crippen molar-refractivity contribution in [3.63, 3.8) is 0 Å². The lowest BCUT2D eigenvalue weighted by Crippen LogP contribution is -2.39. The predicted octanol–water partition coefficient (Wildman–Crippen LogP) is 3.00. The van der Waals surface area contributed by atoms with E-state index in [2.05, 4.69) is 27.3 Å². The number of halogens is 1. The molecule has 100 valence electrons. The molecule has 1 amide bonds. The minimum absolute atomic E-state index is 0.235. The fourth-order valence-electron chi connectivity index (χ4n) is 2.22. The van der Waals surface area contributed by atoms with Crippen LogP contribution in [0.4, 0.5) is 0 Å². The molecule has 1 aliphatic rings. The quantitative estimate of drug-likeness (QED) is 0.920. The third-order valence-corrected chi connectivity index (χ3v) is 4.89. The highest BCUT2D eigenvalue weighted by Gasteiger charge is 2.19. The number of hydrogen-bond acceptors (Lipinski definition) is 3. The van der Waals surface area contributed by atoms with Gasteiger partial charge in [0.15, 0.2) is 0 Å². The molecule has 18 heavy (non-hydrogen) atoms. The van der Waals surface area contributed by atoms with Crippen LogP contribution >= 0.6 is 27.3 Å². The van der Waals surface area contributed by atoms with Crippen molar-refractivity contribution in [2.75, 3.05) is 13.6 Å². The second-order valence-electron chi connectivity index (χ2n) is 4.81. The van der Waals surface area contributed by atoms with Gasteiger partial charge in [-0.1, -0.05) is 6.42 Å². The molecule has 1 N–H and O–H groups in total. The largest absolute Gasteiger partial charge is 0.341 e. The smallest absolute Gasteiger partial charge is 0.224 e. The van der Waals surface area contributed by atoms with Crippen LogP contribution in [0.2, 0.25) is 0 Å². The minimum atomic E-state index is 0.235. The van der Waals surface area contributed by atoms with E-state index < -0.39 is 0 Å². The third kappa shape index (κ3) is 4.07. The van der Waals surface area contributed by atoms with Gasteiger partial charge >= 0.3 is 0 Å². The maximum absolute atomic E-state index is 12.1. The highest BCUT2D eigenvalue weighted by molar-refractivity contribution is 9.11. The van der Waals surface area contributed by atoms with E-state index in [4.69, 9.17) is 0 Å². The van der Waals surface area contributed by atoms with E-state index in [1.807, 2.05) is 18.0 Å². The third-order valence-electron chi connectivity index (χ3n) is 3.28. The van der Waals surface area contributed by atoms with Crippen LogP contribution in [-0.4, -0.2) is 30.4 Å². The van der Waals surface area contributed by atoms with Gasteiger partial charge in [0.2, 0.25) is 5.91 Å². The Morgan fingerprint density at radius 2 is 2.39 bits per heavy atom. The molecule has 1 aromatic heterocycles. The number of piperidine rings is 1. The monoisotopic (exact) mass is 330 g/mol. The van der Waals surface area contributed by atoms with Gasteiger partial charge in [-0.25, -0.2) is 0 Å². The molecule has 2 rings (SSSR count). The molecule has 0 saturated carbocycles. The summed E-state index contributed by atoms with van der Waals surface area (Å²) in [5, 5.41) is 3.42. The highest BCUT2D eigenvalue weighted by atomic mass is 79.9. The summed E-state index contributed by atoms with van der Waals surface area (Å²) in [6, 6.07) is 4.47. The van der Waals surface area contributed by atoms with Gasteiger partial charge in [-0.2, -0.15) is 0 Å². The zero-order valence-corrected chi connectivity index (χ0v) is 13.0. The van der Waals surface area contributed by atoms with Gasteiger partial charge < -0.3 is 10.2 Å². The van der Waals surface area contributed by atoms with Crippen LogP contribution in [0.15, 0.2) is 15.9 Å². The van der Waals surface area contributed by atoms with Gasteiger partial charge in [-0.05, 0) is 47.4 Å². The van der Waals surface area contributed by atoms with E-state index in [0.717, 1.165) is 16.8 Å². The molecule has 1 fully saturated rings. The Hall–Kier alpha value is -0.390. The molecule has 1 aromatic rings. The molecule has 1 saturated heterocycles. The van der Waals surface area contributed by atoms with Crippen LogP contribution in [-0.2, 0) is 11.3 Å². The van der Waals surface area contributed by atoms with Crippen LogP contribution < -0.4 is 5.32 Å². The summed E-state index contributed by atoms with van der Waals surface area (Å²) in [5.41, 5.74) is 0. The summed E-state index contributed by atoms with van der Waals surface area (Å²) in [6.45, 7) is 1.77. The van der Waals surface area contributed by atoms with Crippen LogP contribution in [0.1, 0.15) is 30.6 Å². The number of thiophene rings is 1. The van der Waals surface area contributed by atoms with Crippen molar-refractivity contribution in [1.29, 1.82) is 0 Å². The Morgan fingerprint density at radius 1 is 1.56 bits per heavy atom. The second kappa shape index (κ2) is 6.68. The first kappa shape index (κ1) is 14.0. The molecule has 0 radical (unpaired) electrons. The number of nitrogens with zero attached hydrogens (tertiary/aromatic N) is 1. The van der Waals surface area contributed by atoms with Gasteiger partial charge in [0.05, 0.1) is 10.3 Å². The van der Waals surface area contributed by atoms with Crippen molar-refractivity contribution in [1.82, 2.24) is 10.2 Å². The van der Waals surface area contributed by atoms with Crippen molar-refractivity contribution < 1.29 is 4.79 Å². The molecule has 5 heteroatoms. The van der Waals surface area contributed by atoms with Crippen molar-refractivity contribution in [3.05, 3.63) is 20.8 Å². The summed E-state index contributed by atoms with van der Waals surface area (Å²) in [6.07, 6.45) is 4.24. The Balaban J connectivity index is 1.80. The van der Waals surface area contributed by atoms with E-state index in [1.54, 1.807) is 11.3 Å². The molecule has 0 aliphatic carbocycles. The lowest BCUT2D eigenvalue weighted by atomic mass is 10.0. The van der Waals surface area contributed by atoms with E-state index in [-0.39, 0.29) is 5.91 Å². The maximum atomic E-state index is 12.1. The van der Waals surface area contributed by atoms with Gasteiger partial charge in [0.25, 0.3) is 0 Å². The number of nitrogens with one attached hydrogen (secondary N) is 1. The SMILES string of the molecule is CN(Cc1ccc(Br)s1)C(=O)CC1CCCCN1. The summed E-state index contributed by atoms with van der Waals surface area (Å²) >= 11 is 5.13. The van der Waals surface area contributed by atoms with E-state index >= 15 is 0 Å². The number of rotatable bonds is 4. The zero-order chi connectivity index (χ0) is 13.0. The Kier molecular flexibility index (Phi) is 5.21. The lowest BCUT2D eigenvalue weighted by Gasteiger charge is -2.25. The first-order valence-electron chi connectivity index (χ1n) is 6.36. The summed E-state index contributed by atoms with van der Waals surface area (Å²) in [5.74, 6) is 0.235. The number of amides is 1. The number of carbonyl (C=O) groups excluding carboxylic acids is 1. The van der Waals surface area contributed by atoms with Gasteiger partial charge in [-0.15, -0.1) is 11.3 Å². The standard InChI is InChI=1S/C13H19BrN2OS/c1-16(9-11-5-6-12(14)18-11)13(17)8-10-4-2-3-7-15-10/h5-6,10,15H,2-4,7-9H2,1H3. The molecule has 0 spiro atoms. The highest BCUT2D eigenvalue weighted by Crippen LogP contribution is 2.23. The van der Waals surface area contributed by atoms with Crippen molar-refractivity contribution >= 4 is 33.2 Å². The predicted molar refractivity (Wildman–Crippen MR) is 78.8 cm³/mol. The number of carbonyl (C=O) groups is 1. The molecule has 1 aliphatic heterocycles. The van der Waals surface area contributed by atoms with E-state index in [9.17, 15) is 4.79 Å². The second-order valence-corrected chi connectivity index (χ2v) is 7.35.